The van der Waals surface area contributed by atoms with E-state index in [0.29, 0.717) is 28.0 Å². The van der Waals surface area contributed by atoms with Crippen LogP contribution in [-0.4, -0.2) is 32.7 Å². The number of ether oxygens (including phenoxy) is 2. The molecule has 0 aromatic heterocycles. The number of cyclic esters (lactones) is 1. The summed E-state index contributed by atoms with van der Waals surface area (Å²) in [5.74, 6) is -0.385. The van der Waals surface area contributed by atoms with Crippen molar-refractivity contribution in [2.45, 2.75) is 44.8 Å². The van der Waals surface area contributed by atoms with E-state index in [-0.39, 0.29) is 29.2 Å². The Morgan fingerprint density at radius 2 is 1.91 bits per heavy atom. The number of fused-ring (bicyclic) bond motifs is 1. The standard InChI is InChI=1S/C24H26O7S/c1-6-20(25)15(3)9-12-18-22(29-5)16(4)19-13-30-24(26)21(19)23(18)31-32(27,28)17-10-7-14(2)8-11-17/h6-11,20,25H,1,12-13H2,2-5H3/b15-9+. The third-order valence-corrected chi connectivity index (χ3v) is 6.68. The van der Waals surface area contributed by atoms with Crippen molar-refractivity contribution in [3.63, 3.8) is 0 Å². The van der Waals surface area contributed by atoms with Crippen molar-refractivity contribution in [1.29, 1.82) is 0 Å². The second-order valence-electron chi connectivity index (χ2n) is 7.58. The molecule has 1 N–H and O–H groups in total. The van der Waals surface area contributed by atoms with E-state index in [9.17, 15) is 18.3 Å². The number of carbonyl (C=O) groups is 1. The summed E-state index contributed by atoms with van der Waals surface area (Å²) >= 11 is 0. The topological polar surface area (TPSA) is 99.1 Å². The van der Waals surface area contributed by atoms with E-state index in [1.807, 2.05) is 6.92 Å². The summed E-state index contributed by atoms with van der Waals surface area (Å²) in [7, 11) is -2.78. The third kappa shape index (κ3) is 4.42. The van der Waals surface area contributed by atoms with Crippen molar-refractivity contribution >= 4 is 16.1 Å². The van der Waals surface area contributed by atoms with E-state index >= 15 is 0 Å². The molecular formula is C24H26O7S. The number of allylic oxidation sites excluding steroid dienone is 1. The number of benzene rings is 2. The average molecular weight is 459 g/mol. The van der Waals surface area contributed by atoms with Crippen molar-refractivity contribution in [3.05, 3.63) is 76.4 Å². The fourth-order valence-corrected chi connectivity index (χ4v) is 4.50. The van der Waals surface area contributed by atoms with Crippen molar-refractivity contribution in [2.75, 3.05) is 7.11 Å². The molecule has 0 amide bonds. The SMILES string of the molecule is C=CC(O)/C(C)=C/Cc1c(OC)c(C)c2c(c1OS(=O)(=O)c1ccc(C)cc1)C(=O)OC2. The zero-order valence-corrected chi connectivity index (χ0v) is 19.3. The minimum absolute atomic E-state index is 0.00161. The highest BCUT2D eigenvalue weighted by atomic mass is 32.2. The lowest BCUT2D eigenvalue weighted by molar-refractivity contribution is 0.0533. The van der Waals surface area contributed by atoms with Crippen molar-refractivity contribution in [1.82, 2.24) is 0 Å². The summed E-state index contributed by atoms with van der Waals surface area (Å²) in [6.07, 6.45) is 2.39. The molecule has 0 saturated carbocycles. The molecule has 1 unspecified atom stereocenters. The Kier molecular flexibility index (Phi) is 6.76. The molecular weight excluding hydrogens is 432 g/mol. The van der Waals surface area contributed by atoms with E-state index in [0.717, 1.165) is 5.56 Å². The van der Waals surface area contributed by atoms with Gasteiger partial charge in [0.25, 0.3) is 0 Å². The van der Waals surface area contributed by atoms with E-state index in [4.69, 9.17) is 13.7 Å². The minimum Gasteiger partial charge on any atom is -0.496 e. The number of carbonyl (C=O) groups excluding carboxylic acids is 1. The highest BCUT2D eigenvalue weighted by Gasteiger charge is 2.35. The quantitative estimate of drug-likeness (QED) is 0.365. The maximum absolute atomic E-state index is 13.1. The van der Waals surface area contributed by atoms with Gasteiger partial charge in [-0.2, -0.15) is 8.42 Å². The van der Waals surface area contributed by atoms with Crippen LogP contribution in [0.5, 0.6) is 11.5 Å². The van der Waals surface area contributed by atoms with Crippen LogP contribution >= 0.6 is 0 Å². The predicted octanol–water partition coefficient (Wildman–Crippen LogP) is 3.79. The smallest absolute Gasteiger partial charge is 0.342 e. The number of hydrogen-bond acceptors (Lipinski definition) is 7. The summed E-state index contributed by atoms with van der Waals surface area (Å²) in [4.78, 5) is 12.5. The number of hydrogen-bond donors (Lipinski definition) is 1. The number of rotatable bonds is 8. The molecule has 0 saturated heterocycles. The van der Waals surface area contributed by atoms with Crippen LogP contribution in [0.1, 0.15) is 39.5 Å². The van der Waals surface area contributed by atoms with Crippen LogP contribution in [0.25, 0.3) is 0 Å². The first-order valence-electron chi connectivity index (χ1n) is 9.98. The summed E-state index contributed by atoms with van der Waals surface area (Å²) in [5, 5.41) is 9.99. The minimum atomic E-state index is -4.24. The maximum atomic E-state index is 13.1. The van der Waals surface area contributed by atoms with E-state index in [1.165, 1.54) is 25.3 Å². The van der Waals surface area contributed by atoms with Crippen molar-refractivity contribution in [2.24, 2.45) is 0 Å². The molecule has 0 fully saturated rings. The Hall–Kier alpha value is -3.10. The molecule has 1 atom stereocenters. The zero-order valence-electron chi connectivity index (χ0n) is 18.5. The normalized spacial score (nSPS) is 14.5. The zero-order chi connectivity index (χ0) is 23.6. The maximum Gasteiger partial charge on any atom is 0.342 e. The molecule has 1 aliphatic rings. The van der Waals surface area contributed by atoms with Crippen LogP contribution in [0.4, 0.5) is 0 Å². The highest BCUT2D eigenvalue weighted by molar-refractivity contribution is 7.87. The summed E-state index contributed by atoms with van der Waals surface area (Å²) < 4.78 is 42.5. The summed E-state index contributed by atoms with van der Waals surface area (Å²) in [6.45, 7) is 8.90. The van der Waals surface area contributed by atoms with Crippen LogP contribution < -0.4 is 8.92 Å². The Balaban J connectivity index is 2.20. The molecule has 170 valence electrons. The molecule has 2 aromatic rings. The number of esters is 1. The van der Waals surface area contributed by atoms with Gasteiger partial charge in [-0.1, -0.05) is 29.8 Å². The van der Waals surface area contributed by atoms with Crippen LogP contribution in [-0.2, 0) is 27.9 Å². The van der Waals surface area contributed by atoms with Crippen molar-refractivity contribution in [3.8, 4) is 11.5 Å². The molecule has 0 bridgehead atoms. The fraction of sp³-hybridized carbons (Fsp3) is 0.292. The van der Waals surface area contributed by atoms with Crippen LogP contribution in [0, 0.1) is 13.8 Å². The lowest BCUT2D eigenvalue weighted by Gasteiger charge is -2.19. The molecule has 2 aromatic carbocycles. The lowest BCUT2D eigenvalue weighted by Crippen LogP contribution is -2.15. The molecule has 32 heavy (non-hydrogen) atoms. The molecule has 8 heteroatoms. The number of aliphatic hydroxyl groups is 1. The largest absolute Gasteiger partial charge is 0.496 e. The van der Waals surface area contributed by atoms with Gasteiger partial charge in [0.15, 0.2) is 5.75 Å². The molecule has 0 spiro atoms. The molecule has 3 rings (SSSR count). The van der Waals surface area contributed by atoms with Crippen LogP contribution in [0.15, 0.2) is 53.5 Å². The van der Waals surface area contributed by atoms with Gasteiger partial charge in [-0.05, 0) is 50.5 Å². The Bertz CT molecular complexity index is 1190. The Morgan fingerprint density at radius 3 is 2.50 bits per heavy atom. The number of aliphatic hydroxyl groups excluding tert-OH is 1. The molecule has 1 heterocycles. The predicted molar refractivity (Wildman–Crippen MR) is 120 cm³/mol. The second-order valence-corrected chi connectivity index (χ2v) is 9.13. The summed E-state index contributed by atoms with van der Waals surface area (Å²) in [5.41, 5.74) is 3.14. The van der Waals surface area contributed by atoms with Gasteiger partial charge in [-0.25, -0.2) is 4.79 Å². The second kappa shape index (κ2) is 9.18. The van der Waals surface area contributed by atoms with Gasteiger partial charge in [-0.3, -0.25) is 0 Å². The number of aryl methyl sites for hydroxylation is 1. The van der Waals surface area contributed by atoms with E-state index in [1.54, 1.807) is 32.1 Å². The van der Waals surface area contributed by atoms with Gasteiger partial charge in [0.2, 0.25) is 0 Å². The molecule has 7 nitrogen and oxygen atoms in total. The van der Waals surface area contributed by atoms with Gasteiger partial charge in [-0.15, -0.1) is 6.58 Å². The molecule has 0 aliphatic carbocycles. The Morgan fingerprint density at radius 1 is 1.25 bits per heavy atom. The van der Waals surface area contributed by atoms with E-state index < -0.39 is 22.2 Å². The Labute approximate surface area is 188 Å². The summed E-state index contributed by atoms with van der Waals surface area (Å²) in [6, 6.07) is 6.21. The van der Waals surface area contributed by atoms with Gasteiger partial charge in [0.05, 0.1) is 13.2 Å². The third-order valence-electron chi connectivity index (χ3n) is 5.45. The van der Waals surface area contributed by atoms with E-state index in [2.05, 4.69) is 6.58 Å². The first-order chi connectivity index (χ1) is 15.1. The average Bonchev–Trinajstić information content (AvgIpc) is 3.15. The number of methoxy groups -OCH3 is 1. The van der Waals surface area contributed by atoms with Gasteiger partial charge >= 0.3 is 16.1 Å². The fourth-order valence-electron chi connectivity index (χ4n) is 3.53. The first kappa shape index (κ1) is 23.6. The molecule has 0 radical (unpaired) electrons. The van der Waals surface area contributed by atoms with Crippen LogP contribution in [0.2, 0.25) is 0 Å². The van der Waals surface area contributed by atoms with Crippen molar-refractivity contribution < 1.29 is 32.0 Å². The first-order valence-corrected chi connectivity index (χ1v) is 11.4. The monoisotopic (exact) mass is 458 g/mol. The van der Waals surface area contributed by atoms with Gasteiger partial charge < -0.3 is 18.8 Å². The lowest BCUT2D eigenvalue weighted by atomic mass is 9.94. The van der Waals surface area contributed by atoms with Gasteiger partial charge in [0, 0.05) is 11.1 Å². The molecule has 1 aliphatic heterocycles. The highest BCUT2D eigenvalue weighted by Crippen LogP contribution is 2.43. The van der Waals surface area contributed by atoms with Gasteiger partial charge in [0.1, 0.15) is 22.8 Å². The van der Waals surface area contributed by atoms with Crippen LogP contribution in [0.3, 0.4) is 0 Å².